The highest BCUT2D eigenvalue weighted by molar-refractivity contribution is 6.04. The molecule has 3 atom stereocenters. The Morgan fingerprint density at radius 3 is 2.83 bits per heavy atom. The van der Waals surface area contributed by atoms with Crippen molar-refractivity contribution in [1.82, 2.24) is 20.5 Å². The highest BCUT2D eigenvalue weighted by Gasteiger charge is 2.37. The molecular formula is C23H30N4O3. The van der Waals surface area contributed by atoms with Gasteiger partial charge in [0.2, 0.25) is 5.91 Å². The first kappa shape index (κ1) is 20.4. The molecule has 1 aromatic carbocycles. The molecule has 2 aromatic rings. The zero-order valence-electron chi connectivity index (χ0n) is 17.4. The summed E-state index contributed by atoms with van der Waals surface area (Å²) in [6, 6.07) is 7.22. The number of imide groups is 1. The Morgan fingerprint density at radius 2 is 2.00 bits per heavy atom. The number of aromatic amines is 1. The molecule has 3 N–H and O–H groups in total. The van der Waals surface area contributed by atoms with Gasteiger partial charge in [-0.2, -0.15) is 0 Å². The summed E-state index contributed by atoms with van der Waals surface area (Å²) in [6.45, 7) is 2.51. The van der Waals surface area contributed by atoms with Gasteiger partial charge in [-0.15, -0.1) is 0 Å². The zero-order valence-corrected chi connectivity index (χ0v) is 17.4. The van der Waals surface area contributed by atoms with Crippen molar-refractivity contribution in [2.45, 2.75) is 64.0 Å². The summed E-state index contributed by atoms with van der Waals surface area (Å²) >= 11 is 0. The van der Waals surface area contributed by atoms with Gasteiger partial charge in [-0.05, 0) is 43.2 Å². The maximum Gasteiger partial charge on any atom is 0.324 e. The lowest BCUT2D eigenvalue weighted by atomic mass is 9.86. The van der Waals surface area contributed by atoms with Crippen molar-refractivity contribution >= 4 is 28.7 Å². The molecule has 7 heteroatoms. The molecule has 1 aliphatic heterocycles. The maximum atomic E-state index is 12.7. The van der Waals surface area contributed by atoms with Crippen LogP contribution < -0.4 is 10.6 Å². The van der Waals surface area contributed by atoms with E-state index in [-0.39, 0.29) is 30.3 Å². The molecule has 160 valence electrons. The second-order valence-corrected chi connectivity index (χ2v) is 8.58. The van der Waals surface area contributed by atoms with Crippen LogP contribution >= 0.6 is 0 Å². The first-order chi connectivity index (χ1) is 14.5. The van der Waals surface area contributed by atoms with Gasteiger partial charge in [-0.3, -0.25) is 14.5 Å². The van der Waals surface area contributed by atoms with Crippen molar-refractivity contribution in [2.24, 2.45) is 5.92 Å². The Hall–Kier alpha value is -2.83. The fourth-order valence-electron chi connectivity index (χ4n) is 4.64. The van der Waals surface area contributed by atoms with Crippen molar-refractivity contribution in [3.05, 3.63) is 36.0 Å². The SMILES string of the molecule is CC1CCCCC1NC(=O)CCC1NC(=O)N(CCc2c[nH]c3ccccc23)C1=O. The molecule has 30 heavy (non-hydrogen) atoms. The van der Waals surface area contributed by atoms with Crippen molar-refractivity contribution in [3.63, 3.8) is 0 Å². The van der Waals surface area contributed by atoms with Gasteiger partial charge in [0, 0.05) is 36.1 Å². The highest BCUT2D eigenvalue weighted by atomic mass is 16.2. The van der Waals surface area contributed by atoms with Crippen LogP contribution in [0, 0.1) is 5.92 Å². The molecule has 2 heterocycles. The summed E-state index contributed by atoms with van der Waals surface area (Å²) in [5, 5.41) is 6.96. The number of hydrogen-bond acceptors (Lipinski definition) is 3. The van der Waals surface area contributed by atoms with Crippen LogP contribution in [0.3, 0.4) is 0 Å². The molecule has 0 spiro atoms. The van der Waals surface area contributed by atoms with E-state index < -0.39 is 6.04 Å². The van der Waals surface area contributed by atoms with E-state index >= 15 is 0 Å². The lowest BCUT2D eigenvalue weighted by Crippen LogP contribution is -2.41. The van der Waals surface area contributed by atoms with Crippen LogP contribution in [-0.4, -0.2) is 46.4 Å². The van der Waals surface area contributed by atoms with E-state index in [1.165, 1.54) is 11.3 Å². The van der Waals surface area contributed by atoms with Crippen molar-refractivity contribution < 1.29 is 14.4 Å². The molecule has 3 unspecified atom stereocenters. The maximum absolute atomic E-state index is 12.7. The molecule has 2 fully saturated rings. The lowest BCUT2D eigenvalue weighted by molar-refractivity contribution is -0.127. The predicted octanol–water partition coefficient (Wildman–Crippen LogP) is 3.11. The summed E-state index contributed by atoms with van der Waals surface area (Å²) in [5.74, 6) is 0.224. The standard InChI is InChI=1S/C23H30N4O3/c1-15-6-2-4-8-18(15)25-21(28)11-10-20-22(29)27(23(30)26-20)13-12-16-14-24-19-9-5-3-7-17(16)19/h3,5,7,9,14-15,18,20,24H,2,4,6,8,10-13H2,1H3,(H,25,28)(H,26,30). The minimum atomic E-state index is -0.616. The van der Waals surface area contributed by atoms with Gasteiger partial charge in [0.05, 0.1) is 0 Å². The molecular weight excluding hydrogens is 380 g/mol. The van der Waals surface area contributed by atoms with Crippen molar-refractivity contribution in [2.75, 3.05) is 6.54 Å². The molecule has 1 aromatic heterocycles. The van der Waals surface area contributed by atoms with E-state index in [0.717, 1.165) is 35.7 Å². The van der Waals surface area contributed by atoms with Crippen LogP contribution in [0.1, 0.15) is 51.0 Å². The lowest BCUT2D eigenvalue weighted by Gasteiger charge is -2.29. The number of benzene rings is 1. The number of hydrogen-bond donors (Lipinski definition) is 3. The molecule has 0 bridgehead atoms. The average Bonchev–Trinajstić information content (AvgIpc) is 3.27. The minimum absolute atomic E-state index is 0.0342. The number of rotatable bonds is 7. The Balaban J connectivity index is 1.27. The number of para-hydroxylation sites is 1. The van der Waals surface area contributed by atoms with Crippen LogP contribution in [0.4, 0.5) is 4.79 Å². The van der Waals surface area contributed by atoms with Gasteiger partial charge in [0.25, 0.3) is 5.91 Å². The fourth-order valence-corrected chi connectivity index (χ4v) is 4.64. The Labute approximate surface area is 176 Å². The third kappa shape index (κ3) is 4.35. The summed E-state index contributed by atoms with van der Waals surface area (Å²) in [5.41, 5.74) is 2.12. The predicted molar refractivity (Wildman–Crippen MR) is 115 cm³/mol. The summed E-state index contributed by atoms with van der Waals surface area (Å²) < 4.78 is 0. The van der Waals surface area contributed by atoms with Gasteiger partial charge < -0.3 is 15.6 Å². The number of fused-ring (bicyclic) bond motifs is 1. The zero-order chi connectivity index (χ0) is 21.1. The Bertz CT molecular complexity index is 937. The Kier molecular flexibility index (Phi) is 6.06. The van der Waals surface area contributed by atoms with E-state index in [0.29, 0.717) is 25.3 Å². The highest BCUT2D eigenvalue weighted by Crippen LogP contribution is 2.24. The number of nitrogens with one attached hydrogen (secondary N) is 3. The molecule has 1 saturated heterocycles. The van der Waals surface area contributed by atoms with E-state index in [1.54, 1.807) is 0 Å². The first-order valence-electron chi connectivity index (χ1n) is 11.0. The topological polar surface area (TPSA) is 94.3 Å². The number of aromatic nitrogens is 1. The van der Waals surface area contributed by atoms with Crippen LogP contribution in [-0.2, 0) is 16.0 Å². The number of nitrogens with zero attached hydrogens (tertiary/aromatic N) is 1. The number of H-pyrrole nitrogens is 1. The smallest absolute Gasteiger partial charge is 0.324 e. The van der Waals surface area contributed by atoms with Gasteiger partial charge in [-0.1, -0.05) is 38.0 Å². The van der Waals surface area contributed by atoms with Crippen LogP contribution in [0.25, 0.3) is 10.9 Å². The van der Waals surface area contributed by atoms with E-state index in [9.17, 15) is 14.4 Å². The molecule has 1 saturated carbocycles. The van der Waals surface area contributed by atoms with Gasteiger partial charge in [0.1, 0.15) is 6.04 Å². The van der Waals surface area contributed by atoms with E-state index in [4.69, 9.17) is 0 Å². The normalized spacial score (nSPS) is 24.3. The Morgan fingerprint density at radius 1 is 1.20 bits per heavy atom. The average molecular weight is 411 g/mol. The van der Waals surface area contributed by atoms with Crippen molar-refractivity contribution in [3.8, 4) is 0 Å². The summed E-state index contributed by atoms with van der Waals surface area (Å²) in [7, 11) is 0. The van der Waals surface area contributed by atoms with E-state index in [2.05, 4.69) is 22.5 Å². The van der Waals surface area contributed by atoms with Crippen LogP contribution in [0.2, 0.25) is 0 Å². The van der Waals surface area contributed by atoms with Crippen LogP contribution in [0.5, 0.6) is 0 Å². The van der Waals surface area contributed by atoms with E-state index in [1.807, 2.05) is 30.5 Å². The molecule has 7 nitrogen and oxygen atoms in total. The number of urea groups is 1. The first-order valence-corrected chi connectivity index (χ1v) is 11.0. The number of carbonyl (C=O) groups excluding carboxylic acids is 3. The number of amides is 4. The molecule has 4 amide bonds. The largest absolute Gasteiger partial charge is 0.361 e. The molecule has 2 aliphatic rings. The van der Waals surface area contributed by atoms with Crippen LogP contribution in [0.15, 0.2) is 30.5 Å². The number of carbonyl (C=O) groups is 3. The van der Waals surface area contributed by atoms with Gasteiger partial charge in [0.15, 0.2) is 0 Å². The second-order valence-electron chi connectivity index (χ2n) is 8.58. The summed E-state index contributed by atoms with van der Waals surface area (Å²) in [4.78, 5) is 41.8. The second kappa shape index (κ2) is 8.90. The van der Waals surface area contributed by atoms with Gasteiger partial charge >= 0.3 is 6.03 Å². The summed E-state index contributed by atoms with van der Waals surface area (Å²) in [6.07, 6.45) is 7.65. The fraction of sp³-hybridized carbons (Fsp3) is 0.522. The quantitative estimate of drug-likeness (QED) is 0.612. The third-order valence-corrected chi connectivity index (χ3v) is 6.50. The molecule has 1 aliphatic carbocycles. The molecule has 4 rings (SSSR count). The third-order valence-electron chi connectivity index (χ3n) is 6.50. The van der Waals surface area contributed by atoms with Crippen molar-refractivity contribution in [1.29, 1.82) is 0 Å². The van der Waals surface area contributed by atoms with Gasteiger partial charge in [-0.25, -0.2) is 4.79 Å². The molecule has 0 radical (unpaired) electrons. The minimum Gasteiger partial charge on any atom is -0.361 e. The monoisotopic (exact) mass is 410 g/mol.